The van der Waals surface area contributed by atoms with Crippen molar-refractivity contribution in [2.75, 3.05) is 4.31 Å². The lowest BCUT2D eigenvalue weighted by Crippen LogP contribution is -2.37. The van der Waals surface area contributed by atoms with Crippen molar-refractivity contribution >= 4 is 15.7 Å². The quantitative estimate of drug-likeness (QED) is 0.870. The average Bonchev–Trinajstić information content (AvgIpc) is 2.74. The van der Waals surface area contributed by atoms with Crippen LogP contribution in [0.1, 0.15) is 30.8 Å². The maximum absolute atomic E-state index is 13.1. The van der Waals surface area contributed by atoms with Crippen molar-refractivity contribution in [3.05, 3.63) is 41.3 Å². The monoisotopic (exact) mass is 321 g/mol. The van der Waals surface area contributed by atoms with Crippen LogP contribution >= 0.6 is 0 Å². The molecule has 1 heterocycles. The number of anilines is 1. The van der Waals surface area contributed by atoms with Crippen molar-refractivity contribution in [3.8, 4) is 0 Å². The van der Waals surface area contributed by atoms with Crippen molar-refractivity contribution in [1.82, 2.24) is 9.55 Å². The van der Waals surface area contributed by atoms with E-state index in [9.17, 15) is 8.42 Å². The maximum Gasteiger partial charge on any atom is 0.283 e. The van der Waals surface area contributed by atoms with E-state index in [1.807, 2.05) is 45.9 Å². The summed E-state index contributed by atoms with van der Waals surface area (Å²) in [6.07, 6.45) is 1.56. The Hall–Kier alpha value is -1.82. The van der Waals surface area contributed by atoms with Gasteiger partial charge in [-0.3, -0.25) is 4.31 Å². The van der Waals surface area contributed by atoms with E-state index in [-0.39, 0.29) is 11.1 Å². The Morgan fingerprint density at radius 3 is 2.32 bits per heavy atom. The van der Waals surface area contributed by atoms with E-state index >= 15 is 0 Å². The third-order valence-corrected chi connectivity index (χ3v) is 5.54. The summed E-state index contributed by atoms with van der Waals surface area (Å²) in [4.78, 5) is 4.20. The van der Waals surface area contributed by atoms with E-state index < -0.39 is 10.0 Å². The van der Waals surface area contributed by atoms with Gasteiger partial charge >= 0.3 is 0 Å². The van der Waals surface area contributed by atoms with Gasteiger partial charge in [0.15, 0.2) is 5.03 Å². The summed E-state index contributed by atoms with van der Waals surface area (Å²) in [5.74, 6) is 0.670. The van der Waals surface area contributed by atoms with Gasteiger partial charge in [-0.1, -0.05) is 12.1 Å². The Balaban J connectivity index is 2.63. The molecular formula is C16H23N3O2S. The number of nitrogens with zero attached hydrogens (tertiary/aromatic N) is 3. The summed E-state index contributed by atoms with van der Waals surface area (Å²) in [6.45, 7) is 9.41. The topological polar surface area (TPSA) is 55.2 Å². The second-order valence-corrected chi connectivity index (χ2v) is 7.68. The van der Waals surface area contributed by atoms with E-state index in [0.29, 0.717) is 11.5 Å². The van der Waals surface area contributed by atoms with Gasteiger partial charge in [0, 0.05) is 19.3 Å². The van der Waals surface area contributed by atoms with Crippen LogP contribution in [0.25, 0.3) is 0 Å². The Morgan fingerprint density at radius 1 is 1.18 bits per heavy atom. The highest BCUT2D eigenvalue weighted by Gasteiger charge is 2.31. The van der Waals surface area contributed by atoms with E-state index in [1.54, 1.807) is 24.7 Å². The maximum atomic E-state index is 13.1. The van der Waals surface area contributed by atoms with Gasteiger partial charge in [0.05, 0.1) is 5.69 Å². The van der Waals surface area contributed by atoms with Gasteiger partial charge in [-0.15, -0.1) is 0 Å². The number of imidazole rings is 1. The van der Waals surface area contributed by atoms with E-state index in [2.05, 4.69) is 4.98 Å². The molecule has 0 bridgehead atoms. The summed E-state index contributed by atoms with van der Waals surface area (Å²) < 4.78 is 29.3. The lowest BCUT2D eigenvalue weighted by atomic mass is 10.1. The molecule has 0 spiro atoms. The molecule has 0 aliphatic rings. The number of hydrogen-bond donors (Lipinski definition) is 0. The summed E-state index contributed by atoms with van der Waals surface area (Å²) >= 11 is 0. The molecule has 0 saturated heterocycles. The highest BCUT2D eigenvalue weighted by molar-refractivity contribution is 7.92. The lowest BCUT2D eigenvalue weighted by Gasteiger charge is -2.29. The van der Waals surface area contributed by atoms with Crippen LogP contribution in [-0.2, 0) is 17.1 Å². The average molecular weight is 321 g/mol. The van der Waals surface area contributed by atoms with Gasteiger partial charge in [-0.05, 0) is 51.8 Å². The second-order valence-electron chi connectivity index (χ2n) is 5.92. The van der Waals surface area contributed by atoms with Crippen LogP contribution < -0.4 is 4.31 Å². The summed E-state index contributed by atoms with van der Waals surface area (Å²) in [6, 6.07) is 5.63. The summed E-state index contributed by atoms with van der Waals surface area (Å²) in [5, 5.41) is 0.0853. The van der Waals surface area contributed by atoms with Gasteiger partial charge in [0.25, 0.3) is 10.0 Å². The Kier molecular flexibility index (Phi) is 4.33. The van der Waals surface area contributed by atoms with Crippen LogP contribution in [0.5, 0.6) is 0 Å². The standard InChI is InChI=1S/C16H23N3O2S/c1-11(2)19(15-9-12(3)7-8-13(15)4)22(20,21)16-10-18(6)14(5)17-16/h7-11H,1-6H3. The third kappa shape index (κ3) is 2.88. The fourth-order valence-electron chi connectivity index (χ4n) is 2.39. The molecule has 0 unspecified atom stereocenters. The normalized spacial score (nSPS) is 12.0. The minimum absolute atomic E-state index is 0.0853. The van der Waals surface area contributed by atoms with Gasteiger partial charge in [-0.25, -0.2) is 4.98 Å². The van der Waals surface area contributed by atoms with Crippen LogP contribution in [0, 0.1) is 20.8 Å². The van der Waals surface area contributed by atoms with Gasteiger partial charge in [0.1, 0.15) is 5.82 Å². The smallest absolute Gasteiger partial charge is 0.283 e. The molecule has 0 N–H and O–H groups in total. The minimum atomic E-state index is -3.69. The zero-order valence-electron chi connectivity index (χ0n) is 14.0. The van der Waals surface area contributed by atoms with Crippen molar-refractivity contribution in [3.63, 3.8) is 0 Å². The lowest BCUT2D eigenvalue weighted by molar-refractivity contribution is 0.580. The Bertz CT molecular complexity index is 772. The third-order valence-electron chi connectivity index (χ3n) is 3.68. The molecule has 5 nitrogen and oxygen atoms in total. The molecule has 6 heteroatoms. The first-order valence-corrected chi connectivity index (χ1v) is 8.70. The molecule has 0 atom stereocenters. The van der Waals surface area contributed by atoms with E-state index in [0.717, 1.165) is 11.1 Å². The first-order chi connectivity index (χ1) is 10.1. The molecule has 0 aliphatic carbocycles. The van der Waals surface area contributed by atoms with Crippen molar-refractivity contribution < 1.29 is 8.42 Å². The van der Waals surface area contributed by atoms with Crippen LogP contribution in [0.15, 0.2) is 29.4 Å². The number of hydrogen-bond acceptors (Lipinski definition) is 3. The predicted molar refractivity (Wildman–Crippen MR) is 88.7 cm³/mol. The summed E-state index contributed by atoms with van der Waals surface area (Å²) in [7, 11) is -1.90. The van der Waals surface area contributed by atoms with Crippen LogP contribution in [0.2, 0.25) is 0 Å². The van der Waals surface area contributed by atoms with Crippen molar-refractivity contribution in [1.29, 1.82) is 0 Å². The Morgan fingerprint density at radius 2 is 1.82 bits per heavy atom. The van der Waals surface area contributed by atoms with Gasteiger partial charge in [-0.2, -0.15) is 8.42 Å². The molecule has 2 aromatic rings. The van der Waals surface area contributed by atoms with Crippen molar-refractivity contribution in [2.45, 2.75) is 45.7 Å². The molecule has 0 aliphatic heterocycles. The highest BCUT2D eigenvalue weighted by Crippen LogP contribution is 2.29. The zero-order chi connectivity index (χ0) is 16.7. The molecule has 2 rings (SSSR count). The fourth-order valence-corrected chi connectivity index (χ4v) is 4.14. The molecule has 0 saturated carbocycles. The van der Waals surface area contributed by atoms with Crippen molar-refractivity contribution in [2.24, 2.45) is 7.05 Å². The number of sulfonamides is 1. The molecule has 0 radical (unpaired) electrons. The number of aromatic nitrogens is 2. The number of rotatable bonds is 4. The molecular weight excluding hydrogens is 298 g/mol. The van der Waals surface area contributed by atoms with Gasteiger partial charge in [0.2, 0.25) is 0 Å². The molecule has 1 aromatic carbocycles. The predicted octanol–water partition coefficient (Wildman–Crippen LogP) is 2.95. The molecule has 1 aromatic heterocycles. The van der Waals surface area contributed by atoms with E-state index in [4.69, 9.17) is 0 Å². The first-order valence-electron chi connectivity index (χ1n) is 7.26. The van der Waals surface area contributed by atoms with E-state index in [1.165, 1.54) is 4.31 Å². The SMILES string of the molecule is Cc1ccc(C)c(N(C(C)C)S(=O)(=O)c2cn(C)c(C)n2)c1. The Labute approximate surface area is 132 Å². The highest BCUT2D eigenvalue weighted by atomic mass is 32.2. The minimum Gasteiger partial charge on any atom is -0.337 e. The van der Waals surface area contributed by atoms with Crippen LogP contribution in [0.3, 0.4) is 0 Å². The van der Waals surface area contributed by atoms with Crippen LogP contribution in [0.4, 0.5) is 5.69 Å². The largest absolute Gasteiger partial charge is 0.337 e. The number of benzene rings is 1. The molecule has 120 valence electrons. The molecule has 0 fully saturated rings. The number of aryl methyl sites for hydroxylation is 4. The summed E-state index contributed by atoms with van der Waals surface area (Å²) in [5.41, 5.74) is 2.66. The van der Waals surface area contributed by atoms with Crippen LogP contribution in [-0.4, -0.2) is 24.0 Å². The fraction of sp³-hybridized carbons (Fsp3) is 0.438. The molecule has 22 heavy (non-hydrogen) atoms. The first kappa shape index (κ1) is 16.5. The van der Waals surface area contributed by atoms with Gasteiger partial charge < -0.3 is 4.57 Å². The molecule has 0 amide bonds. The second kappa shape index (κ2) is 5.76. The zero-order valence-corrected chi connectivity index (χ0v) is 14.8.